The SMILES string of the molecule is COc1cc(C)c(CC(=O)Nc2ccc(F)cc2)cc1OC. The van der Waals surface area contributed by atoms with Crippen molar-refractivity contribution < 1.29 is 18.7 Å². The maximum absolute atomic E-state index is 12.8. The number of benzene rings is 2. The molecule has 0 unspecified atom stereocenters. The Kier molecular flexibility index (Phi) is 4.99. The summed E-state index contributed by atoms with van der Waals surface area (Å²) >= 11 is 0. The van der Waals surface area contributed by atoms with Crippen LogP contribution in [0.3, 0.4) is 0 Å². The van der Waals surface area contributed by atoms with Crippen LogP contribution < -0.4 is 14.8 Å². The Labute approximate surface area is 128 Å². The summed E-state index contributed by atoms with van der Waals surface area (Å²) in [5.41, 5.74) is 2.34. The highest BCUT2D eigenvalue weighted by molar-refractivity contribution is 5.92. The van der Waals surface area contributed by atoms with Gasteiger partial charge in [-0.15, -0.1) is 0 Å². The fourth-order valence-electron chi connectivity index (χ4n) is 2.12. The summed E-state index contributed by atoms with van der Waals surface area (Å²) in [5.74, 6) is 0.691. The van der Waals surface area contributed by atoms with Gasteiger partial charge in [0.25, 0.3) is 0 Å². The highest BCUT2D eigenvalue weighted by Gasteiger charge is 2.12. The molecule has 0 saturated carbocycles. The predicted molar refractivity (Wildman–Crippen MR) is 83.0 cm³/mol. The van der Waals surface area contributed by atoms with Crippen LogP contribution in [0.4, 0.5) is 10.1 Å². The van der Waals surface area contributed by atoms with Crippen molar-refractivity contribution >= 4 is 11.6 Å². The molecule has 0 aliphatic rings. The summed E-state index contributed by atoms with van der Waals surface area (Å²) in [6.45, 7) is 1.91. The van der Waals surface area contributed by atoms with Crippen LogP contribution in [0.1, 0.15) is 11.1 Å². The second-order valence-electron chi connectivity index (χ2n) is 4.87. The van der Waals surface area contributed by atoms with Gasteiger partial charge in [0.1, 0.15) is 5.82 Å². The molecular formula is C17H18FNO3. The van der Waals surface area contributed by atoms with E-state index in [1.165, 1.54) is 24.3 Å². The van der Waals surface area contributed by atoms with Crippen LogP contribution in [0.5, 0.6) is 11.5 Å². The molecule has 5 heteroatoms. The lowest BCUT2D eigenvalue weighted by atomic mass is 10.0. The van der Waals surface area contributed by atoms with E-state index in [1.807, 2.05) is 13.0 Å². The second-order valence-corrected chi connectivity index (χ2v) is 4.87. The lowest BCUT2D eigenvalue weighted by Crippen LogP contribution is -2.15. The third-order valence-electron chi connectivity index (χ3n) is 3.32. The second kappa shape index (κ2) is 6.93. The van der Waals surface area contributed by atoms with E-state index >= 15 is 0 Å². The number of carbonyl (C=O) groups excluding carboxylic acids is 1. The van der Waals surface area contributed by atoms with Crippen molar-refractivity contribution in [3.63, 3.8) is 0 Å². The molecule has 0 aliphatic heterocycles. The van der Waals surface area contributed by atoms with Crippen LogP contribution in [-0.2, 0) is 11.2 Å². The molecule has 0 aliphatic carbocycles. The molecule has 116 valence electrons. The molecule has 0 radical (unpaired) electrons. The van der Waals surface area contributed by atoms with Crippen molar-refractivity contribution in [2.75, 3.05) is 19.5 Å². The molecule has 0 aromatic heterocycles. The molecule has 0 spiro atoms. The molecule has 2 rings (SSSR count). The van der Waals surface area contributed by atoms with Crippen LogP contribution in [0.25, 0.3) is 0 Å². The Morgan fingerprint density at radius 3 is 2.27 bits per heavy atom. The Morgan fingerprint density at radius 2 is 1.68 bits per heavy atom. The highest BCUT2D eigenvalue weighted by Crippen LogP contribution is 2.30. The Balaban J connectivity index is 2.12. The van der Waals surface area contributed by atoms with Gasteiger partial charge >= 0.3 is 0 Å². The van der Waals surface area contributed by atoms with Crippen molar-refractivity contribution in [3.8, 4) is 11.5 Å². The third kappa shape index (κ3) is 3.75. The van der Waals surface area contributed by atoms with Gasteiger partial charge in [-0.1, -0.05) is 0 Å². The zero-order valence-electron chi connectivity index (χ0n) is 12.8. The van der Waals surface area contributed by atoms with Crippen LogP contribution in [0, 0.1) is 12.7 Å². The first kappa shape index (κ1) is 15.8. The maximum atomic E-state index is 12.8. The number of halogens is 1. The molecule has 0 atom stereocenters. The van der Waals surface area contributed by atoms with Crippen molar-refractivity contribution in [1.29, 1.82) is 0 Å². The maximum Gasteiger partial charge on any atom is 0.228 e. The van der Waals surface area contributed by atoms with E-state index in [1.54, 1.807) is 20.3 Å². The van der Waals surface area contributed by atoms with Gasteiger partial charge < -0.3 is 14.8 Å². The first-order valence-corrected chi connectivity index (χ1v) is 6.80. The molecule has 22 heavy (non-hydrogen) atoms. The van der Waals surface area contributed by atoms with Gasteiger partial charge in [-0.05, 0) is 54.4 Å². The third-order valence-corrected chi connectivity index (χ3v) is 3.32. The number of nitrogens with one attached hydrogen (secondary N) is 1. The average molecular weight is 303 g/mol. The van der Waals surface area contributed by atoms with Gasteiger partial charge in [0.2, 0.25) is 5.91 Å². The van der Waals surface area contributed by atoms with Gasteiger partial charge in [0, 0.05) is 5.69 Å². The van der Waals surface area contributed by atoms with E-state index in [0.717, 1.165) is 11.1 Å². The lowest BCUT2D eigenvalue weighted by molar-refractivity contribution is -0.115. The van der Waals surface area contributed by atoms with E-state index in [0.29, 0.717) is 17.2 Å². The van der Waals surface area contributed by atoms with Gasteiger partial charge in [0.05, 0.1) is 20.6 Å². The molecule has 4 nitrogen and oxygen atoms in total. The van der Waals surface area contributed by atoms with Gasteiger partial charge in [-0.3, -0.25) is 4.79 Å². The monoisotopic (exact) mass is 303 g/mol. The smallest absolute Gasteiger partial charge is 0.228 e. The van der Waals surface area contributed by atoms with Crippen molar-refractivity contribution in [3.05, 3.63) is 53.3 Å². The first-order chi connectivity index (χ1) is 10.5. The molecule has 0 bridgehead atoms. The number of amides is 1. The lowest BCUT2D eigenvalue weighted by Gasteiger charge is -2.13. The van der Waals surface area contributed by atoms with Crippen LogP contribution in [-0.4, -0.2) is 20.1 Å². The Hall–Kier alpha value is -2.56. The minimum absolute atomic E-state index is 0.179. The van der Waals surface area contributed by atoms with Gasteiger partial charge in [-0.25, -0.2) is 4.39 Å². The molecule has 2 aromatic carbocycles. The molecule has 0 heterocycles. The molecule has 0 saturated heterocycles. The Bertz CT molecular complexity index is 668. The van der Waals surface area contributed by atoms with E-state index in [9.17, 15) is 9.18 Å². The van der Waals surface area contributed by atoms with Crippen molar-refractivity contribution in [1.82, 2.24) is 0 Å². The van der Waals surface area contributed by atoms with Crippen LogP contribution in [0.2, 0.25) is 0 Å². The van der Waals surface area contributed by atoms with Crippen LogP contribution >= 0.6 is 0 Å². The predicted octanol–water partition coefficient (Wildman–Crippen LogP) is 3.33. The average Bonchev–Trinajstić information content (AvgIpc) is 2.51. The number of hydrogen-bond donors (Lipinski definition) is 1. The van der Waals surface area contributed by atoms with Gasteiger partial charge in [-0.2, -0.15) is 0 Å². The first-order valence-electron chi connectivity index (χ1n) is 6.80. The van der Waals surface area contributed by atoms with Crippen LogP contribution in [0.15, 0.2) is 36.4 Å². The number of carbonyl (C=O) groups is 1. The summed E-state index contributed by atoms with van der Waals surface area (Å²) in [4.78, 5) is 12.1. The normalized spacial score (nSPS) is 10.2. The quantitative estimate of drug-likeness (QED) is 0.921. The summed E-state index contributed by atoms with van der Waals surface area (Å²) in [6, 6.07) is 9.27. The summed E-state index contributed by atoms with van der Waals surface area (Å²) < 4.78 is 23.3. The number of hydrogen-bond acceptors (Lipinski definition) is 3. The summed E-state index contributed by atoms with van der Waals surface area (Å²) in [5, 5.41) is 2.73. The van der Waals surface area contributed by atoms with Crippen molar-refractivity contribution in [2.24, 2.45) is 0 Å². The van der Waals surface area contributed by atoms with E-state index in [4.69, 9.17) is 9.47 Å². The largest absolute Gasteiger partial charge is 0.493 e. The molecular weight excluding hydrogens is 285 g/mol. The summed E-state index contributed by atoms with van der Waals surface area (Å²) in [7, 11) is 3.12. The minimum atomic E-state index is -0.339. The standard InChI is InChI=1S/C17H18FNO3/c1-11-8-15(21-2)16(22-3)9-12(11)10-17(20)19-14-6-4-13(18)5-7-14/h4-9H,10H2,1-3H3,(H,19,20). The number of ether oxygens (including phenoxy) is 2. The molecule has 1 N–H and O–H groups in total. The van der Waals surface area contributed by atoms with E-state index < -0.39 is 0 Å². The Morgan fingerprint density at radius 1 is 1.09 bits per heavy atom. The number of rotatable bonds is 5. The molecule has 1 amide bonds. The fraction of sp³-hybridized carbons (Fsp3) is 0.235. The fourth-order valence-corrected chi connectivity index (χ4v) is 2.12. The number of aryl methyl sites for hydroxylation is 1. The molecule has 2 aromatic rings. The zero-order chi connectivity index (χ0) is 16.1. The zero-order valence-corrected chi connectivity index (χ0v) is 12.8. The summed E-state index contributed by atoms with van der Waals surface area (Å²) in [6.07, 6.45) is 0.198. The molecule has 0 fully saturated rings. The highest BCUT2D eigenvalue weighted by atomic mass is 19.1. The number of anilines is 1. The van der Waals surface area contributed by atoms with Crippen molar-refractivity contribution in [2.45, 2.75) is 13.3 Å². The van der Waals surface area contributed by atoms with E-state index in [2.05, 4.69) is 5.32 Å². The minimum Gasteiger partial charge on any atom is -0.493 e. The van der Waals surface area contributed by atoms with Gasteiger partial charge in [0.15, 0.2) is 11.5 Å². The topological polar surface area (TPSA) is 47.6 Å². The van der Waals surface area contributed by atoms with E-state index in [-0.39, 0.29) is 18.1 Å². The number of methoxy groups -OCH3 is 2.